The summed E-state index contributed by atoms with van der Waals surface area (Å²) in [6.45, 7) is 3.89. The number of hydrogen-bond acceptors (Lipinski definition) is 5. The topological polar surface area (TPSA) is 126 Å². The number of carbonyl (C=O) groups excluding carboxylic acids is 2. The Morgan fingerprint density at radius 1 is 1.14 bits per heavy atom. The predicted molar refractivity (Wildman–Crippen MR) is 101 cm³/mol. The zero-order valence-corrected chi connectivity index (χ0v) is 15.7. The Bertz CT molecular complexity index is 1050. The van der Waals surface area contributed by atoms with Crippen LogP contribution in [0.4, 0.5) is 5.69 Å². The van der Waals surface area contributed by atoms with Crippen LogP contribution in [0.5, 0.6) is 5.75 Å². The zero-order valence-electron chi connectivity index (χ0n) is 15.7. The number of fused-ring (bicyclic) bond motifs is 1. The molecule has 1 heterocycles. The number of pyridine rings is 1. The van der Waals surface area contributed by atoms with Crippen LogP contribution < -0.4 is 15.6 Å². The lowest BCUT2D eigenvalue weighted by molar-refractivity contribution is 0.0692. The van der Waals surface area contributed by atoms with Crippen molar-refractivity contribution in [1.29, 1.82) is 0 Å². The van der Waals surface area contributed by atoms with Crippen molar-refractivity contribution in [2.24, 2.45) is 5.41 Å². The second-order valence-corrected chi connectivity index (χ2v) is 7.52. The van der Waals surface area contributed by atoms with Crippen molar-refractivity contribution >= 4 is 23.3 Å². The Morgan fingerprint density at radius 2 is 1.86 bits per heavy atom. The molecule has 8 heteroatoms. The van der Waals surface area contributed by atoms with Gasteiger partial charge >= 0.3 is 5.97 Å². The molecule has 3 N–H and O–H groups in total. The molecule has 1 aliphatic rings. The molecule has 0 bridgehead atoms. The van der Waals surface area contributed by atoms with E-state index in [1.54, 1.807) is 0 Å². The number of aromatic carboxylic acids is 1. The van der Waals surface area contributed by atoms with Crippen molar-refractivity contribution < 1.29 is 24.2 Å². The summed E-state index contributed by atoms with van der Waals surface area (Å²) in [6, 6.07) is 5.36. The number of hydrogen-bond donors (Lipinski definition) is 3. The van der Waals surface area contributed by atoms with Crippen molar-refractivity contribution in [1.82, 2.24) is 4.98 Å². The first kappa shape index (κ1) is 19.3. The van der Waals surface area contributed by atoms with Gasteiger partial charge in [-0.15, -0.1) is 0 Å². The zero-order chi connectivity index (χ0) is 20.6. The standard InChI is InChI=1S/C20H20N2O6/c1-20(2)8-14-12(15(23)9-20)7-13(18(25)22-14)17(24)21-10-4-5-11(19(26)27)16(6-10)28-3/h4-7H,8-9H2,1-3H3,(H,21,24)(H,22,25)(H,26,27). The number of H-pyrrole nitrogens is 1. The van der Waals surface area contributed by atoms with Gasteiger partial charge in [0.2, 0.25) is 0 Å². The van der Waals surface area contributed by atoms with Gasteiger partial charge in [0, 0.05) is 29.4 Å². The van der Waals surface area contributed by atoms with Gasteiger partial charge in [-0.3, -0.25) is 14.4 Å². The molecule has 0 radical (unpaired) electrons. The molecule has 2 aromatic rings. The average molecular weight is 384 g/mol. The molecule has 3 rings (SSSR count). The van der Waals surface area contributed by atoms with Crippen LogP contribution in [0.25, 0.3) is 0 Å². The number of aromatic amines is 1. The van der Waals surface area contributed by atoms with Gasteiger partial charge in [0.1, 0.15) is 16.9 Å². The second kappa shape index (κ2) is 6.95. The van der Waals surface area contributed by atoms with Crippen LogP contribution >= 0.6 is 0 Å². The van der Waals surface area contributed by atoms with E-state index in [-0.39, 0.29) is 33.8 Å². The summed E-state index contributed by atoms with van der Waals surface area (Å²) >= 11 is 0. The fourth-order valence-corrected chi connectivity index (χ4v) is 3.34. The number of ketones is 1. The molecule has 1 aliphatic carbocycles. The number of carboxylic acid groups (broad SMARTS) is 1. The fraction of sp³-hybridized carbons (Fsp3) is 0.300. The van der Waals surface area contributed by atoms with Crippen LogP contribution in [0.2, 0.25) is 0 Å². The number of methoxy groups -OCH3 is 1. The summed E-state index contributed by atoms with van der Waals surface area (Å²) in [5.74, 6) is -1.92. The lowest BCUT2D eigenvalue weighted by Crippen LogP contribution is -2.32. The first-order chi connectivity index (χ1) is 13.1. The summed E-state index contributed by atoms with van der Waals surface area (Å²) in [4.78, 5) is 51.2. The Kier molecular flexibility index (Phi) is 4.80. The molecule has 1 aromatic carbocycles. The monoisotopic (exact) mass is 384 g/mol. The maximum Gasteiger partial charge on any atom is 0.339 e. The maximum atomic E-state index is 12.6. The van der Waals surface area contributed by atoms with Crippen molar-refractivity contribution in [3.05, 3.63) is 57.0 Å². The van der Waals surface area contributed by atoms with E-state index in [4.69, 9.17) is 9.84 Å². The number of ether oxygens (including phenoxy) is 1. The van der Waals surface area contributed by atoms with E-state index < -0.39 is 17.4 Å². The van der Waals surface area contributed by atoms with E-state index in [2.05, 4.69) is 10.3 Å². The highest BCUT2D eigenvalue weighted by Crippen LogP contribution is 2.33. The van der Waals surface area contributed by atoms with Crippen molar-refractivity contribution in [2.75, 3.05) is 12.4 Å². The molecule has 146 valence electrons. The molecule has 0 atom stereocenters. The minimum absolute atomic E-state index is 0.0552. The molecule has 0 saturated heterocycles. The highest BCUT2D eigenvalue weighted by atomic mass is 16.5. The summed E-state index contributed by atoms with van der Waals surface area (Å²) < 4.78 is 5.02. The molecular formula is C20H20N2O6. The number of rotatable bonds is 4. The van der Waals surface area contributed by atoms with Crippen LogP contribution in [-0.2, 0) is 6.42 Å². The number of aromatic nitrogens is 1. The lowest BCUT2D eigenvalue weighted by atomic mass is 9.75. The normalized spacial score (nSPS) is 14.9. The van der Waals surface area contributed by atoms with Crippen molar-refractivity contribution in [3.8, 4) is 5.75 Å². The van der Waals surface area contributed by atoms with Gasteiger partial charge in [0.25, 0.3) is 11.5 Å². The summed E-state index contributed by atoms with van der Waals surface area (Å²) in [5.41, 5.74) is 0.0677. The molecule has 8 nitrogen and oxygen atoms in total. The molecule has 28 heavy (non-hydrogen) atoms. The number of carboxylic acids is 1. The third-order valence-corrected chi connectivity index (χ3v) is 4.65. The van der Waals surface area contributed by atoms with E-state index in [0.717, 1.165) is 0 Å². The minimum Gasteiger partial charge on any atom is -0.496 e. The number of benzene rings is 1. The first-order valence-electron chi connectivity index (χ1n) is 8.63. The highest BCUT2D eigenvalue weighted by Gasteiger charge is 2.32. The van der Waals surface area contributed by atoms with E-state index in [1.807, 2.05) is 13.8 Å². The Morgan fingerprint density at radius 3 is 2.50 bits per heavy atom. The van der Waals surface area contributed by atoms with Crippen LogP contribution in [0.3, 0.4) is 0 Å². The number of amides is 1. The summed E-state index contributed by atoms with van der Waals surface area (Å²) in [5, 5.41) is 11.6. The third-order valence-electron chi connectivity index (χ3n) is 4.65. The van der Waals surface area contributed by atoms with Crippen LogP contribution in [0.15, 0.2) is 29.1 Å². The number of Topliss-reactive ketones (excluding diaryl/α,β-unsaturated/α-hetero) is 1. The summed E-state index contributed by atoms with van der Waals surface area (Å²) in [7, 11) is 1.31. The average Bonchev–Trinajstić information content (AvgIpc) is 2.59. The van der Waals surface area contributed by atoms with Gasteiger partial charge in [0.05, 0.1) is 7.11 Å². The number of anilines is 1. The van der Waals surface area contributed by atoms with E-state index in [0.29, 0.717) is 24.1 Å². The van der Waals surface area contributed by atoms with Gasteiger partial charge < -0.3 is 20.1 Å². The molecule has 1 aromatic heterocycles. The fourth-order valence-electron chi connectivity index (χ4n) is 3.34. The number of nitrogens with one attached hydrogen (secondary N) is 2. The van der Waals surface area contributed by atoms with E-state index in [9.17, 15) is 19.2 Å². The van der Waals surface area contributed by atoms with Crippen molar-refractivity contribution in [2.45, 2.75) is 26.7 Å². The van der Waals surface area contributed by atoms with E-state index in [1.165, 1.54) is 31.4 Å². The smallest absolute Gasteiger partial charge is 0.339 e. The first-order valence-corrected chi connectivity index (χ1v) is 8.63. The molecule has 0 aliphatic heterocycles. The summed E-state index contributed by atoms with van der Waals surface area (Å²) in [6.07, 6.45) is 0.875. The molecular weight excluding hydrogens is 364 g/mol. The lowest BCUT2D eigenvalue weighted by Gasteiger charge is -2.29. The van der Waals surface area contributed by atoms with Gasteiger partial charge in [-0.2, -0.15) is 0 Å². The van der Waals surface area contributed by atoms with Gasteiger partial charge in [-0.05, 0) is 30.0 Å². The van der Waals surface area contributed by atoms with E-state index >= 15 is 0 Å². The Balaban J connectivity index is 1.92. The molecule has 0 saturated carbocycles. The predicted octanol–water partition coefficient (Wildman–Crippen LogP) is 2.49. The molecule has 0 fully saturated rings. The van der Waals surface area contributed by atoms with Gasteiger partial charge in [0.15, 0.2) is 5.78 Å². The Labute approximate surface area is 160 Å². The molecule has 1 amide bonds. The van der Waals surface area contributed by atoms with Crippen LogP contribution in [0, 0.1) is 5.41 Å². The van der Waals surface area contributed by atoms with Crippen LogP contribution in [-0.4, -0.2) is 34.9 Å². The number of carbonyl (C=O) groups is 3. The SMILES string of the molecule is COc1cc(NC(=O)c2cc3c([nH]c2=O)CC(C)(C)CC3=O)ccc1C(=O)O. The highest BCUT2D eigenvalue weighted by molar-refractivity contribution is 6.07. The van der Waals surface area contributed by atoms with Crippen molar-refractivity contribution in [3.63, 3.8) is 0 Å². The third kappa shape index (κ3) is 3.66. The van der Waals surface area contributed by atoms with Gasteiger partial charge in [-0.25, -0.2) is 4.79 Å². The Hall–Kier alpha value is -3.42. The minimum atomic E-state index is -1.16. The van der Waals surface area contributed by atoms with Gasteiger partial charge in [-0.1, -0.05) is 13.8 Å². The largest absolute Gasteiger partial charge is 0.496 e. The van der Waals surface area contributed by atoms with Crippen LogP contribution in [0.1, 0.15) is 57.0 Å². The molecule has 0 unspecified atom stereocenters. The maximum absolute atomic E-state index is 12.6. The molecule has 0 spiro atoms. The second-order valence-electron chi connectivity index (χ2n) is 7.52. The quantitative estimate of drug-likeness (QED) is 0.744.